The highest BCUT2D eigenvalue weighted by Gasteiger charge is 2.36. The fourth-order valence-corrected chi connectivity index (χ4v) is 1.96. The lowest BCUT2D eigenvalue weighted by molar-refractivity contribution is -0.139. The molecule has 0 bridgehead atoms. The Morgan fingerprint density at radius 1 is 1.42 bits per heavy atom. The molecule has 0 saturated carbocycles. The zero-order chi connectivity index (χ0) is 14.6. The largest absolute Gasteiger partial charge is 0.481 e. The Morgan fingerprint density at radius 3 is 2.53 bits per heavy atom. The Morgan fingerprint density at radius 2 is 2.05 bits per heavy atom. The molecule has 0 aliphatic carbocycles. The standard InChI is InChI=1S/C11H13BrF3NO3/c1-19-10-7(11(13,14)15)4-6(5-16-10)9(18)8(17)2-3-12/h4-5,8-9,17-18H,2-3H2,1H3. The molecule has 1 aromatic heterocycles. The average molecular weight is 344 g/mol. The van der Waals surface area contributed by atoms with Gasteiger partial charge in [0.25, 0.3) is 0 Å². The number of pyridine rings is 1. The molecule has 19 heavy (non-hydrogen) atoms. The number of ether oxygens (including phenoxy) is 1. The van der Waals surface area contributed by atoms with Crippen LogP contribution >= 0.6 is 15.9 Å². The number of methoxy groups -OCH3 is 1. The van der Waals surface area contributed by atoms with Gasteiger partial charge in [-0.2, -0.15) is 13.2 Å². The molecular weight excluding hydrogens is 331 g/mol. The van der Waals surface area contributed by atoms with E-state index in [-0.39, 0.29) is 12.0 Å². The van der Waals surface area contributed by atoms with Crippen molar-refractivity contribution >= 4 is 15.9 Å². The fraction of sp³-hybridized carbons (Fsp3) is 0.545. The Hall–Kier alpha value is -0.860. The molecule has 2 N–H and O–H groups in total. The molecule has 0 aliphatic rings. The van der Waals surface area contributed by atoms with E-state index in [2.05, 4.69) is 25.7 Å². The van der Waals surface area contributed by atoms with Gasteiger partial charge in [-0.05, 0) is 12.5 Å². The number of hydrogen-bond donors (Lipinski definition) is 2. The van der Waals surface area contributed by atoms with E-state index in [9.17, 15) is 23.4 Å². The summed E-state index contributed by atoms with van der Waals surface area (Å²) in [6, 6.07) is 0.730. The second kappa shape index (κ2) is 6.53. The van der Waals surface area contributed by atoms with Gasteiger partial charge in [-0.15, -0.1) is 0 Å². The second-order valence-corrected chi connectivity index (χ2v) is 4.61. The third-order valence-electron chi connectivity index (χ3n) is 2.48. The normalized spacial score (nSPS) is 15.1. The van der Waals surface area contributed by atoms with Crippen LogP contribution in [0.15, 0.2) is 12.3 Å². The Kier molecular flexibility index (Phi) is 5.57. The third-order valence-corrected chi connectivity index (χ3v) is 2.94. The van der Waals surface area contributed by atoms with Crippen LogP contribution in [0.2, 0.25) is 0 Å². The van der Waals surface area contributed by atoms with Crippen molar-refractivity contribution in [3.63, 3.8) is 0 Å². The molecule has 2 unspecified atom stereocenters. The summed E-state index contributed by atoms with van der Waals surface area (Å²) < 4.78 is 42.8. The Labute approximate surface area is 116 Å². The lowest BCUT2D eigenvalue weighted by atomic mass is 10.0. The summed E-state index contributed by atoms with van der Waals surface area (Å²) in [6.07, 6.45) is -5.99. The van der Waals surface area contributed by atoms with Crippen molar-refractivity contribution in [2.45, 2.75) is 24.8 Å². The van der Waals surface area contributed by atoms with E-state index in [1.54, 1.807) is 0 Å². The molecular formula is C11H13BrF3NO3. The minimum atomic E-state index is -4.64. The summed E-state index contributed by atoms with van der Waals surface area (Å²) in [5.41, 5.74) is -1.20. The van der Waals surface area contributed by atoms with Gasteiger partial charge in [0.2, 0.25) is 5.88 Å². The molecule has 0 fully saturated rings. The molecule has 1 rings (SSSR count). The van der Waals surface area contributed by atoms with Crippen LogP contribution < -0.4 is 4.74 Å². The zero-order valence-corrected chi connectivity index (χ0v) is 11.6. The van der Waals surface area contributed by atoms with Crippen LogP contribution in [0, 0.1) is 0 Å². The highest BCUT2D eigenvalue weighted by Crippen LogP contribution is 2.36. The fourth-order valence-electron chi connectivity index (χ4n) is 1.49. The van der Waals surface area contributed by atoms with E-state index >= 15 is 0 Å². The molecule has 0 radical (unpaired) electrons. The van der Waals surface area contributed by atoms with Gasteiger partial charge in [0, 0.05) is 17.1 Å². The summed E-state index contributed by atoms with van der Waals surface area (Å²) in [6.45, 7) is 0. The van der Waals surface area contributed by atoms with Gasteiger partial charge in [0.1, 0.15) is 11.7 Å². The summed E-state index contributed by atoms with van der Waals surface area (Å²) in [4.78, 5) is 3.50. The monoisotopic (exact) mass is 343 g/mol. The second-order valence-electron chi connectivity index (χ2n) is 3.81. The Balaban J connectivity index is 3.11. The van der Waals surface area contributed by atoms with Crippen LogP contribution in [0.5, 0.6) is 5.88 Å². The van der Waals surface area contributed by atoms with E-state index in [1.165, 1.54) is 0 Å². The number of aromatic nitrogens is 1. The number of rotatable bonds is 5. The summed E-state index contributed by atoms with van der Waals surface area (Å²) >= 11 is 3.07. The van der Waals surface area contributed by atoms with Crippen molar-refractivity contribution in [1.29, 1.82) is 0 Å². The van der Waals surface area contributed by atoms with Crippen molar-refractivity contribution in [2.24, 2.45) is 0 Å². The predicted molar refractivity (Wildman–Crippen MR) is 65.2 cm³/mol. The van der Waals surface area contributed by atoms with E-state index in [4.69, 9.17) is 0 Å². The highest BCUT2D eigenvalue weighted by molar-refractivity contribution is 9.09. The average Bonchev–Trinajstić information content (AvgIpc) is 2.36. The smallest absolute Gasteiger partial charge is 0.421 e. The number of nitrogens with zero attached hydrogens (tertiary/aromatic N) is 1. The predicted octanol–water partition coefficient (Wildman–Crippen LogP) is 2.29. The maximum atomic E-state index is 12.8. The highest BCUT2D eigenvalue weighted by atomic mass is 79.9. The Bertz CT molecular complexity index is 428. The maximum Gasteiger partial charge on any atom is 0.421 e. The first kappa shape index (κ1) is 16.2. The number of hydrogen-bond acceptors (Lipinski definition) is 4. The van der Waals surface area contributed by atoms with Gasteiger partial charge >= 0.3 is 6.18 Å². The van der Waals surface area contributed by atoms with Crippen molar-refractivity contribution < 1.29 is 28.1 Å². The number of halogens is 4. The summed E-state index contributed by atoms with van der Waals surface area (Å²) in [5.74, 6) is -0.571. The van der Waals surface area contributed by atoms with Gasteiger partial charge < -0.3 is 14.9 Å². The molecule has 1 heterocycles. The van der Waals surface area contributed by atoms with Crippen molar-refractivity contribution in [3.8, 4) is 5.88 Å². The molecule has 1 aromatic rings. The van der Waals surface area contributed by atoms with Gasteiger partial charge in [0.05, 0.1) is 13.2 Å². The lowest BCUT2D eigenvalue weighted by Gasteiger charge is -2.19. The van der Waals surface area contributed by atoms with E-state index in [0.717, 1.165) is 19.4 Å². The van der Waals surface area contributed by atoms with Gasteiger partial charge in [-0.1, -0.05) is 15.9 Å². The minimum absolute atomic E-state index is 0.110. The molecule has 0 aliphatic heterocycles. The topological polar surface area (TPSA) is 62.6 Å². The van der Waals surface area contributed by atoms with E-state index in [1.807, 2.05) is 0 Å². The van der Waals surface area contributed by atoms with Gasteiger partial charge in [-0.25, -0.2) is 4.98 Å². The molecule has 8 heteroatoms. The molecule has 2 atom stereocenters. The quantitative estimate of drug-likeness (QED) is 0.805. The summed E-state index contributed by atoms with van der Waals surface area (Å²) in [7, 11) is 1.08. The van der Waals surface area contributed by atoms with Gasteiger partial charge in [-0.3, -0.25) is 0 Å². The number of aliphatic hydroxyl groups is 2. The SMILES string of the molecule is COc1ncc(C(O)C(O)CCBr)cc1C(F)(F)F. The number of alkyl halides is 4. The van der Waals surface area contributed by atoms with E-state index in [0.29, 0.717) is 5.33 Å². The maximum absolute atomic E-state index is 12.8. The van der Waals surface area contributed by atoms with Crippen LogP contribution in [0.1, 0.15) is 23.7 Å². The van der Waals surface area contributed by atoms with Gasteiger partial charge in [0.15, 0.2) is 0 Å². The van der Waals surface area contributed by atoms with Crippen LogP contribution in [0.4, 0.5) is 13.2 Å². The first-order valence-corrected chi connectivity index (χ1v) is 6.46. The first-order valence-electron chi connectivity index (χ1n) is 5.34. The zero-order valence-electron chi connectivity index (χ0n) is 9.99. The molecule has 4 nitrogen and oxygen atoms in total. The van der Waals surface area contributed by atoms with Crippen LogP contribution in [0.3, 0.4) is 0 Å². The third kappa shape index (κ3) is 4.05. The van der Waals surface area contributed by atoms with Crippen molar-refractivity contribution in [2.75, 3.05) is 12.4 Å². The minimum Gasteiger partial charge on any atom is -0.481 e. The van der Waals surface area contributed by atoms with E-state index < -0.39 is 29.8 Å². The molecule has 0 saturated heterocycles. The molecule has 0 amide bonds. The molecule has 0 spiro atoms. The van der Waals surface area contributed by atoms with Crippen LogP contribution in [0.25, 0.3) is 0 Å². The van der Waals surface area contributed by atoms with Crippen molar-refractivity contribution in [3.05, 3.63) is 23.4 Å². The first-order chi connectivity index (χ1) is 8.81. The number of aliphatic hydroxyl groups excluding tert-OH is 2. The summed E-state index contributed by atoms with van der Waals surface area (Å²) in [5, 5.41) is 19.7. The molecule has 0 aromatic carbocycles. The van der Waals surface area contributed by atoms with Crippen molar-refractivity contribution in [1.82, 2.24) is 4.98 Å². The lowest BCUT2D eigenvalue weighted by Crippen LogP contribution is -2.20. The van der Waals surface area contributed by atoms with Crippen LogP contribution in [-0.4, -0.2) is 33.7 Å². The van der Waals surface area contributed by atoms with Crippen LogP contribution in [-0.2, 0) is 6.18 Å². The molecule has 108 valence electrons.